The minimum atomic E-state index is -0.0554. The lowest BCUT2D eigenvalue weighted by atomic mass is 10.2. The molecule has 0 radical (unpaired) electrons. The zero-order chi connectivity index (χ0) is 15.1. The fourth-order valence-corrected chi connectivity index (χ4v) is 2.62. The molecule has 0 aliphatic heterocycles. The Morgan fingerprint density at radius 2 is 2.10 bits per heavy atom. The SMILES string of the molecule is CNCc1ccc(OC)cc1OCC(=O)NC1CCCC1. The fraction of sp³-hybridized carbons (Fsp3) is 0.562. The van der Waals surface area contributed by atoms with E-state index in [1.807, 2.05) is 25.2 Å². The Hall–Kier alpha value is -1.75. The Kier molecular flexibility index (Phi) is 5.87. The van der Waals surface area contributed by atoms with E-state index in [1.165, 1.54) is 12.8 Å². The molecule has 1 amide bonds. The van der Waals surface area contributed by atoms with Crippen molar-refractivity contribution < 1.29 is 14.3 Å². The quantitative estimate of drug-likeness (QED) is 0.805. The van der Waals surface area contributed by atoms with Gasteiger partial charge in [0, 0.05) is 24.2 Å². The molecule has 0 bridgehead atoms. The third kappa shape index (κ3) is 4.63. The van der Waals surface area contributed by atoms with Crippen molar-refractivity contribution in [3.8, 4) is 11.5 Å². The third-order valence-electron chi connectivity index (χ3n) is 3.72. The number of hydrogen-bond donors (Lipinski definition) is 2. The van der Waals surface area contributed by atoms with Gasteiger partial charge in [-0.1, -0.05) is 18.9 Å². The summed E-state index contributed by atoms with van der Waals surface area (Å²) in [6.45, 7) is 0.726. The summed E-state index contributed by atoms with van der Waals surface area (Å²) in [6.07, 6.45) is 4.56. The number of amides is 1. The van der Waals surface area contributed by atoms with Crippen LogP contribution in [0.15, 0.2) is 18.2 Å². The second-order valence-electron chi connectivity index (χ2n) is 5.34. The number of carbonyl (C=O) groups is 1. The molecule has 1 fully saturated rings. The van der Waals surface area contributed by atoms with Gasteiger partial charge in [-0.15, -0.1) is 0 Å². The van der Waals surface area contributed by atoms with Crippen molar-refractivity contribution in [2.75, 3.05) is 20.8 Å². The van der Waals surface area contributed by atoms with Crippen molar-refractivity contribution in [1.29, 1.82) is 0 Å². The fourth-order valence-electron chi connectivity index (χ4n) is 2.62. The maximum atomic E-state index is 11.9. The monoisotopic (exact) mass is 292 g/mol. The van der Waals surface area contributed by atoms with Crippen LogP contribution in [0.5, 0.6) is 11.5 Å². The second kappa shape index (κ2) is 7.88. The summed E-state index contributed by atoms with van der Waals surface area (Å²) in [7, 11) is 3.49. The van der Waals surface area contributed by atoms with E-state index in [4.69, 9.17) is 9.47 Å². The molecule has 0 heterocycles. The van der Waals surface area contributed by atoms with Crippen molar-refractivity contribution in [1.82, 2.24) is 10.6 Å². The Morgan fingerprint density at radius 3 is 2.76 bits per heavy atom. The van der Waals surface area contributed by atoms with Gasteiger partial charge in [0.15, 0.2) is 6.61 Å². The zero-order valence-corrected chi connectivity index (χ0v) is 12.8. The predicted octanol–water partition coefficient (Wildman–Crippen LogP) is 1.85. The van der Waals surface area contributed by atoms with Crippen LogP contribution in [0.4, 0.5) is 0 Å². The molecule has 0 spiro atoms. The van der Waals surface area contributed by atoms with Crippen LogP contribution in [0.1, 0.15) is 31.2 Å². The molecular formula is C16H24N2O3. The lowest BCUT2D eigenvalue weighted by molar-refractivity contribution is -0.123. The van der Waals surface area contributed by atoms with Crippen LogP contribution in [-0.4, -0.2) is 32.7 Å². The van der Waals surface area contributed by atoms with Crippen LogP contribution in [0.2, 0.25) is 0 Å². The summed E-state index contributed by atoms with van der Waals surface area (Å²) in [5.74, 6) is 1.35. The van der Waals surface area contributed by atoms with Crippen molar-refractivity contribution in [2.45, 2.75) is 38.3 Å². The maximum Gasteiger partial charge on any atom is 0.258 e. The summed E-state index contributed by atoms with van der Waals surface area (Å²) < 4.78 is 10.9. The standard InChI is InChI=1S/C16H24N2O3/c1-17-10-12-7-8-14(20-2)9-15(12)21-11-16(19)18-13-5-3-4-6-13/h7-9,13,17H,3-6,10-11H2,1-2H3,(H,18,19). The van der Waals surface area contributed by atoms with Gasteiger partial charge in [0.25, 0.3) is 5.91 Å². The topological polar surface area (TPSA) is 59.6 Å². The van der Waals surface area contributed by atoms with Crippen molar-refractivity contribution in [2.24, 2.45) is 0 Å². The van der Waals surface area contributed by atoms with Crippen molar-refractivity contribution in [3.63, 3.8) is 0 Å². The Balaban J connectivity index is 1.92. The third-order valence-corrected chi connectivity index (χ3v) is 3.72. The number of methoxy groups -OCH3 is 1. The number of nitrogens with one attached hydrogen (secondary N) is 2. The highest BCUT2D eigenvalue weighted by molar-refractivity contribution is 5.77. The highest BCUT2D eigenvalue weighted by Gasteiger charge is 2.17. The van der Waals surface area contributed by atoms with Gasteiger partial charge in [-0.3, -0.25) is 4.79 Å². The van der Waals surface area contributed by atoms with E-state index in [0.717, 1.165) is 24.2 Å². The van der Waals surface area contributed by atoms with Crippen molar-refractivity contribution in [3.05, 3.63) is 23.8 Å². The number of rotatable bonds is 7. The number of carbonyl (C=O) groups excluding carboxylic acids is 1. The zero-order valence-electron chi connectivity index (χ0n) is 12.8. The van der Waals surface area contributed by atoms with Crippen LogP contribution in [0.25, 0.3) is 0 Å². The first kappa shape index (κ1) is 15.6. The average molecular weight is 292 g/mol. The highest BCUT2D eigenvalue weighted by atomic mass is 16.5. The van der Waals surface area contributed by atoms with Crippen LogP contribution in [0, 0.1) is 0 Å². The van der Waals surface area contributed by atoms with E-state index in [-0.39, 0.29) is 12.5 Å². The largest absolute Gasteiger partial charge is 0.497 e. The number of hydrogen-bond acceptors (Lipinski definition) is 4. The molecule has 0 atom stereocenters. The molecule has 2 rings (SSSR count). The van der Waals surface area contributed by atoms with Crippen molar-refractivity contribution >= 4 is 5.91 Å². The predicted molar refractivity (Wildman–Crippen MR) is 81.7 cm³/mol. The molecule has 5 nitrogen and oxygen atoms in total. The van der Waals surface area contributed by atoms with E-state index < -0.39 is 0 Å². The summed E-state index contributed by atoms with van der Waals surface area (Å²) in [5.41, 5.74) is 1.01. The Labute approximate surface area is 126 Å². The molecule has 1 saturated carbocycles. The first-order valence-electron chi connectivity index (χ1n) is 7.46. The minimum Gasteiger partial charge on any atom is -0.497 e. The summed E-state index contributed by atoms with van der Waals surface area (Å²) >= 11 is 0. The van der Waals surface area contributed by atoms with Gasteiger partial charge in [-0.25, -0.2) is 0 Å². The molecule has 0 saturated heterocycles. The number of ether oxygens (including phenoxy) is 2. The maximum absolute atomic E-state index is 11.9. The van der Waals surface area contributed by atoms with Crippen LogP contribution in [0.3, 0.4) is 0 Å². The highest BCUT2D eigenvalue weighted by Crippen LogP contribution is 2.25. The first-order chi connectivity index (χ1) is 10.2. The van der Waals surface area contributed by atoms with Gasteiger partial charge in [-0.05, 0) is 26.0 Å². The molecule has 1 aliphatic carbocycles. The van der Waals surface area contributed by atoms with E-state index in [1.54, 1.807) is 7.11 Å². The van der Waals surface area contributed by atoms with E-state index in [2.05, 4.69) is 10.6 Å². The van der Waals surface area contributed by atoms with Gasteiger partial charge >= 0.3 is 0 Å². The molecule has 0 aromatic heterocycles. The number of benzene rings is 1. The van der Waals surface area contributed by atoms with E-state index >= 15 is 0 Å². The normalized spacial score (nSPS) is 15.0. The van der Waals surface area contributed by atoms with E-state index in [9.17, 15) is 4.79 Å². The lowest BCUT2D eigenvalue weighted by Crippen LogP contribution is -2.36. The first-order valence-corrected chi connectivity index (χ1v) is 7.46. The van der Waals surface area contributed by atoms with Gasteiger partial charge in [0.05, 0.1) is 7.11 Å². The van der Waals surface area contributed by atoms with E-state index in [0.29, 0.717) is 18.3 Å². The summed E-state index contributed by atoms with van der Waals surface area (Å²) in [4.78, 5) is 11.9. The van der Waals surface area contributed by atoms with Gasteiger partial charge in [0.2, 0.25) is 0 Å². The van der Waals surface area contributed by atoms with Crippen LogP contribution in [-0.2, 0) is 11.3 Å². The molecule has 5 heteroatoms. The molecule has 2 N–H and O–H groups in total. The van der Waals surface area contributed by atoms with Gasteiger partial charge in [-0.2, -0.15) is 0 Å². The van der Waals surface area contributed by atoms with Crippen LogP contribution < -0.4 is 20.1 Å². The van der Waals surface area contributed by atoms with Gasteiger partial charge in [0.1, 0.15) is 11.5 Å². The molecule has 21 heavy (non-hydrogen) atoms. The summed E-state index contributed by atoms with van der Waals surface area (Å²) in [5, 5.41) is 6.11. The molecule has 0 unspecified atom stereocenters. The Morgan fingerprint density at radius 1 is 1.33 bits per heavy atom. The molecule has 1 aliphatic rings. The second-order valence-corrected chi connectivity index (χ2v) is 5.34. The lowest BCUT2D eigenvalue weighted by Gasteiger charge is -2.15. The molecule has 116 valence electrons. The Bertz CT molecular complexity index is 471. The smallest absolute Gasteiger partial charge is 0.258 e. The van der Waals surface area contributed by atoms with Gasteiger partial charge < -0.3 is 20.1 Å². The molecule has 1 aromatic rings. The molecular weight excluding hydrogens is 268 g/mol. The molecule has 1 aromatic carbocycles. The minimum absolute atomic E-state index is 0.0420. The summed E-state index contributed by atoms with van der Waals surface area (Å²) in [6, 6.07) is 5.97. The van der Waals surface area contributed by atoms with Crippen LogP contribution >= 0.6 is 0 Å². The average Bonchev–Trinajstić information content (AvgIpc) is 2.99.